The number of hydrogen-bond donors (Lipinski definition) is 1. The van der Waals surface area contributed by atoms with Gasteiger partial charge in [-0.1, -0.05) is 6.92 Å². The zero-order chi connectivity index (χ0) is 20.1. The van der Waals surface area contributed by atoms with Gasteiger partial charge in [-0.3, -0.25) is 4.79 Å². The van der Waals surface area contributed by atoms with Crippen molar-refractivity contribution in [1.29, 1.82) is 0 Å². The Morgan fingerprint density at radius 2 is 1.86 bits per heavy atom. The SMILES string of the molecule is CCc1ccc(S(=O)(=O)NCCCn2nc(-c3ccc(F)cc3)ccc2=O)s1. The molecule has 3 rings (SSSR count). The topological polar surface area (TPSA) is 81.1 Å². The van der Waals surface area contributed by atoms with E-state index in [1.54, 1.807) is 24.3 Å². The molecule has 0 unspecified atom stereocenters. The van der Waals surface area contributed by atoms with Crippen LogP contribution in [0.1, 0.15) is 18.2 Å². The molecule has 0 fully saturated rings. The van der Waals surface area contributed by atoms with Crippen LogP contribution >= 0.6 is 11.3 Å². The summed E-state index contributed by atoms with van der Waals surface area (Å²) in [6, 6.07) is 12.2. The Morgan fingerprint density at radius 1 is 1.11 bits per heavy atom. The first-order chi connectivity index (χ1) is 13.4. The van der Waals surface area contributed by atoms with Gasteiger partial charge in [0.05, 0.1) is 5.69 Å². The van der Waals surface area contributed by atoms with Crippen LogP contribution in [0, 0.1) is 5.82 Å². The Bertz CT molecular complexity index is 1110. The van der Waals surface area contributed by atoms with Gasteiger partial charge in [-0.15, -0.1) is 11.3 Å². The van der Waals surface area contributed by atoms with Gasteiger partial charge >= 0.3 is 0 Å². The molecule has 0 spiro atoms. The largest absolute Gasteiger partial charge is 0.268 e. The van der Waals surface area contributed by atoms with Gasteiger partial charge in [-0.05, 0) is 55.3 Å². The van der Waals surface area contributed by atoms with Crippen LogP contribution in [-0.2, 0) is 23.0 Å². The molecule has 1 aromatic carbocycles. The third kappa shape index (κ3) is 4.92. The van der Waals surface area contributed by atoms with Crippen LogP contribution in [0.15, 0.2) is 57.5 Å². The van der Waals surface area contributed by atoms with Crippen molar-refractivity contribution in [2.24, 2.45) is 0 Å². The fourth-order valence-electron chi connectivity index (χ4n) is 2.58. The first-order valence-corrected chi connectivity index (χ1v) is 11.1. The van der Waals surface area contributed by atoms with E-state index in [4.69, 9.17) is 0 Å². The summed E-state index contributed by atoms with van der Waals surface area (Å²) < 4.78 is 41.8. The molecule has 0 bridgehead atoms. The zero-order valence-corrected chi connectivity index (χ0v) is 16.9. The van der Waals surface area contributed by atoms with Gasteiger partial charge in [-0.25, -0.2) is 22.2 Å². The molecule has 0 saturated heterocycles. The van der Waals surface area contributed by atoms with Gasteiger partial charge in [0.15, 0.2) is 0 Å². The highest BCUT2D eigenvalue weighted by atomic mass is 32.2. The summed E-state index contributed by atoms with van der Waals surface area (Å²) in [7, 11) is -3.54. The number of benzene rings is 1. The normalized spacial score (nSPS) is 11.6. The highest BCUT2D eigenvalue weighted by Gasteiger charge is 2.15. The molecule has 6 nitrogen and oxygen atoms in total. The predicted octanol–water partition coefficient (Wildman–Crippen LogP) is 3.04. The van der Waals surface area contributed by atoms with E-state index in [1.165, 1.54) is 34.2 Å². The van der Waals surface area contributed by atoms with Crippen molar-refractivity contribution < 1.29 is 12.8 Å². The van der Waals surface area contributed by atoms with Crippen molar-refractivity contribution in [3.8, 4) is 11.3 Å². The second kappa shape index (κ2) is 8.76. The van der Waals surface area contributed by atoms with Gasteiger partial charge in [-0.2, -0.15) is 5.10 Å². The Balaban J connectivity index is 1.62. The van der Waals surface area contributed by atoms with E-state index >= 15 is 0 Å². The van der Waals surface area contributed by atoms with E-state index in [0.717, 1.165) is 11.3 Å². The highest BCUT2D eigenvalue weighted by Crippen LogP contribution is 2.21. The fraction of sp³-hybridized carbons (Fsp3) is 0.263. The number of halogens is 1. The second-order valence-electron chi connectivity index (χ2n) is 6.11. The molecule has 2 heterocycles. The lowest BCUT2D eigenvalue weighted by Gasteiger charge is -2.08. The van der Waals surface area contributed by atoms with E-state index in [2.05, 4.69) is 9.82 Å². The maximum absolute atomic E-state index is 13.1. The maximum Gasteiger partial charge on any atom is 0.266 e. The summed E-state index contributed by atoms with van der Waals surface area (Å²) in [4.78, 5) is 13.0. The zero-order valence-electron chi connectivity index (χ0n) is 15.3. The van der Waals surface area contributed by atoms with Crippen LogP contribution < -0.4 is 10.3 Å². The molecule has 0 atom stereocenters. The molecule has 28 heavy (non-hydrogen) atoms. The highest BCUT2D eigenvalue weighted by molar-refractivity contribution is 7.91. The van der Waals surface area contributed by atoms with Crippen LogP contribution in [0.5, 0.6) is 0 Å². The Labute approximate surface area is 166 Å². The number of sulfonamides is 1. The average molecular weight is 422 g/mol. The van der Waals surface area contributed by atoms with Crippen LogP contribution in [0.2, 0.25) is 0 Å². The van der Waals surface area contributed by atoms with Gasteiger partial charge < -0.3 is 0 Å². The summed E-state index contributed by atoms with van der Waals surface area (Å²) in [6.07, 6.45) is 1.20. The van der Waals surface area contributed by atoms with Crippen LogP contribution in [0.3, 0.4) is 0 Å². The molecule has 1 N–H and O–H groups in total. The number of rotatable bonds is 8. The predicted molar refractivity (Wildman–Crippen MR) is 107 cm³/mol. The Morgan fingerprint density at radius 3 is 2.54 bits per heavy atom. The first kappa shape index (κ1) is 20.4. The molecule has 0 amide bonds. The second-order valence-corrected chi connectivity index (χ2v) is 9.27. The van der Waals surface area contributed by atoms with Gasteiger partial charge in [0.1, 0.15) is 10.0 Å². The molecule has 0 aliphatic heterocycles. The number of nitrogens with one attached hydrogen (secondary N) is 1. The van der Waals surface area contributed by atoms with Crippen molar-refractivity contribution in [2.45, 2.75) is 30.5 Å². The monoisotopic (exact) mass is 421 g/mol. The van der Waals surface area contributed by atoms with Gasteiger partial charge in [0.2, 0.25) is 10.0 Å². The minimum Gasteiger partial charge on any atom is -0.268 e. The molecule has 3 aromatic rings. The van der Waals surface area contributed by atoms with Gasteiger partial charge in [0.25, 0.3) is 5.56 Å². The number of hydrogen-bond acceptors (Lipinski definition) is 5. The quantitative estimate of drug-likeness (QED) is 0.567. The molecular weight excluding hydrogens is 401 g/mol. The number of thiophene rings is 1. The van der Waals surface area contributed by atoms with Crippen molar-refractivity contribution >= 4 is 21.4 Å². The minimum absolute atomic E-state index is 0.191. The van der Waals surface area contributed by atoms with Crippen molar-refractivity contribution in [3.05, 3.63) is 69.6 Å². The lowest BCUT2D eigenvalue weighted by molar-refractivity contribution is 0.537. The molecule has 0 aliphatic carbocycles. The number of aromatic nitrogens is 2. The van der Waals surface area contributed by atoms with E-state index in [1.807, 2.05) is 13.0 Å². The van der Waals surface area contributed by atoms with Crippen molar-refractivity contribution in [1.82, 2.24) is 14.5 Å². The standard InChI is InChI=1S/C19H20FN3O3S2/c1-2-16-8-11-19(27-16)28(25,26)21-12-3-13-23-18(24)10-9-17(22-23)14-4-6-15(20)7-5-14/h4-11,21H,2-3,12-13H2,1H3. The molecule has 0 saturated carbocycles. The number of aryl methyl sites for hydroxylation is 2. The smallest absolute Gasteiger partial charge is 0.266 e. The molecule has 0 aliphatic rings. The van der Waals surface area contributed by atoms with Crippen molar-refractivity contribution in [3.63, 3.8) is 0 Å². The Hall–Kier alpha value is -2.36. The molecule has 148 valence electrons. The molecular formula is C19H20FN3O3S2. The summed E-state index contributed by atoms with van der Waals surface area (Å²) in [5.41, 5.74) is 0.964. The lowest BCUT2D eigenvalue weighted by Crippen LogP contribution is -2.27. The Kier molecular flexibility index (Phi) is 6.38. The van der Waals surface area contributed by atoms with Crippen LogP contribution in [0.25, 0.3) is 11.3 Å². The fourth-order valence-corrected chi connectivity index (χ4v) is 5.00. The van der Waals surface area contributed by atoms with Gasteiger partial charge in [0, 0.05) is 29.6 Å². The maximum atomic E-state index is 13.1. The molecule has 9 heteroatoms. The molecule has 2 aromatic heterocycles. The summed E-state index contributed by atoms with van der Waals surface area (Å²) in [6.45, 7) is 2.43. The van der Waals surface area contributed by atoms with E-state index in [0.29, 0.717) is 17.7 Å². The lowest BCUT2D eigenvalue weighted by atomic mass is 10.1. The van der Waals surface area contributed by atoms with E-state index in [-0.39, 0.29) is 28.7 Å². The average Bonchev–Trinajstić information content (AvgIpc) is 3.17. The summed E-state index contributed by atoms with van der Waals surface area (Å²) in [5.74, 6) is -0.346. The van der Waals surface area contributed by atoms with E-state index in [9.17, 15) is 17.6 Å². The third-order valence-corrected chi connectivity index (χ3v) is 7.28. The molecule has 0 radical (unpaired) electrons. The van der Waals surface area contributed by atoms with E-state index < -0.39 is 10.0 Å². The first-order valence-electron chi connectivity index (χ1n) is 8.81. The van der Waals surface area contributed by atoms with Crippen LogP contribution in [-0.4, -0.2) is 24.7 Å². The number of nitrogens with zero attached hydrogens (tertiary/aromatic N) is 2. The van der Waals surface area contributed by atoms with Crippen molar-refractivity contribution in [2.75, 3.05) is 6.54 Å². The third-order valence-electron chi connectivity index (χ3n) is 4.10. The summed E-state index contributed by atoms with van der Waals surface area (Å²) in [5, 5.41) is 4.29. The minimum atomic E-state index is -3.54. The van der Waals surface area contributed by atoms with Crippen LogP contribution in [0.4, 0.5) is 4.39 Å². The summed E-state index contributed by atoms with van der Waals surface area (Å²) >= 11 is 1.25.